The molecule has 14 heteroatoms. The van der Waals surface area contributed by atoms with E-state index in [0.717, 1.165) is 33.4 Å². The molecule has 1 saturated heterocycles. The summed E-state index contributed by atoms with van der Waals surface area (Å²) in [6, 6.07) is 19.0. The van der Waals surface area contributed by atoms with Crippen molar-refractivity contribution in [1.82, 2.24) is 19.6 Å². The largest absolute Gasteiger partial charge is 0.493 e. The van der Waals surface area contributed by atoms with Gasteiger partial charge in [0.1, 0.15) is 0 Å². The maximum atomic E-state index is 14.6. The van der Waals surface area contributed by atoms with Gasteiger partial charge in [-0.25, -0.2) is 9.59 Å². The standard InChI is InChI=1S/C46H56N4O10/c1-53-37-11-9-29(23-39(37)55-3)21-35-33-27-43(59-7)41(57-5)25-31(33)13-15-49(35)45(51)47-17-19-48(20-18-47)46(52)50-16-14-32-26-42(58-6)44(60-8)28-34(32)36(50)22-30-10-12-38(54-2)40(24-30)56-4/h9-12,23-28,35-36H,13-22H2,1-8H3. The van der Waals surface area contributed by atoms with Gasteiger partial charge in [-0.1, -0.05) is 12.1 Å². The van der Waals surface area contributed by atoms with Crippen molar-refractivity contribution in [3.8, 4) is 46.0 Å². The van der Waals surface area contributed by atoms with Gasteiger partial charge in [0, 0.05) is 39.3 Å². The fraction of sp³-hybridized carbons (Fsp3) is 0.435. The normalized spacial score (nSPS) is 17.3. The van der Waals surface area contributed by atoms with Gasteiger partial charge in [0.25, 0.3) is 0 Å². The van der Waals surface area contributed by atoms with Crippen molar-refractivity contribution < 1.29 is 47.5 Å². The molecule has 0 radical (unpaired) electrons. The maximum Gasteiger partial charge on any atom is 0.320 e. The fourth-order valence-electron chi connectivity index (χ4n) is 8.87. The van der Waals surface area contributed by atoms with Crippen LogP contribution < -0.4 is 37.9 Å². The molecule has 0 saturated carbocycles. The first-order valence-corrected chi connectivity index (χ1v) is 20.2. The molecule has 0 aromatic heterocycles. The summed E-state index contributed by atoms with van der Waals surface area (Å²) in [7, 11) is 13.0. The Morgan fingerprint density at radius 3 is 1.08 bits per heavy atom. The van der Waals surface area contributed by atoms with Gasteiger partial charge in [-0.15, -0.1) is 0 Å². The van der Waals surface area contributed by atoms with E-state index in [-0.39, 0.29) is 24.1 Å². The van der Waals surface area contributed by atoms with Crippen molar-refractivity contribution in [1.29, 1.82) is 0 Å². The topological polar surface area (TPSA) is 121 Å². The highest BCUT2D eigenvalue weighted by atomic mass is 16.5. The number of amides is 4. The minimum absolute atomic E-state index is 0.0627. The molecule has 3 aliphatic rings. The maximum absolute atomic E-state index is 14.6. The molecule has 4 aromatic carbocycles. The molecule has 14 nitrogen and oxygen atoms in total. The van der Waals surface area contributed by atoms with Gasteiger partial charge in [-0.05, 0) is 108 Å². The third kappa shape index (κ3) is 8.19. The highest BCUT2D eigenvalue weighted by Gasteiger charge is 2.39. The molecule has 320 valence electrons. The molecule has 0 spiro atoms. The Bertz CT molecular complexity index is 2040. The zero-order valence-electron chi connectivity index (χ0n) is 35.9. The highest BCUT2D eigenvalue weighted by Crippen LogP contribution is 2.43. The summed E-state index contributed by atoms with van der Waals surface area (Å²) < 4.78 is 45.0. The van der Waals surface area contributed by atoms with E-state index in [1.165, 1.54) is 0 Å². The van der Waals surface area contributed by atoms with Gasteiger partial charge < -0.3 is 57.5 Å². The summed E-state index contributed by atoms with van der Waals surface area (Å²) in [4.78, 5) is 37.0. The first-order valence-electron chi connectivity index (χ1n) is 20.2. The molecule has 1 fully saturated rings. The van der Waals surface area contributed by atoms with Gasteiger partial charge in [0.2, 0.25) is 0 Å². The summed E-state index contributed by atoms with van der Waals surface area (Å²) in [6.45, 7) is 2.66. The quantitative estimate of drug-likeness (QED) is 0.155. The number of hydrogen-bond donors (Lipinski definition) is 0. The Morgan fingerprint density at radius 2 is 0.750 bits per heavy atom. The monoisotopic (exact) mass is 824 g/mol. The average molecular weight is 825 g/mol. The van der Waals surface area contributed by atoms with Crippen LogP contribution in [-0.2, 0) is 25.7 Å². The molecule has 0 aliphatic carbocycles. The molecule has 4 amide bonds. The van der Waals surface area contributed by atoms with Crippen LogP contribution in [0.1, 0.15) is 45.5 Å². The fourth-order valence-corrected chi connectivity index (χ4v) is 8.87. The number of ether oxygens (including phenoxy) is 8. The smallest absolute Gasteiger partial charge is 0.320 e. The zero-order valence-corrected chi connectivity index (χ0v) is 35.9. The minimum atomic E-state index is -0.291. The van der Waals surface area contributed by atoms with E-state index in [9.17, 15) is 9.59 Å². The van der Waals surface area contributed by atoms with E-state index in [0.29, 0.717) is 111 Å². The Morgan fingerprint density at radius 1 is 0.433 bits per heavy atom. The van der Waals surface area contributed by atoms with Crippen LogP contribution >= 0.6 is 0 Å². The van der Waals surface area contributed by atoms with Crippen molar-refractivity contribution >= 4 is 12.1 Å². The lowest BCUT2D eigenvalue weighted by atomic mass is 9.88. The van der Waals surface area contributed by atoms with E-state index in [1.807, 2.05) is 80.3 Å². The summed E-state index contributed by atoms with van der Waals surface area (Å²) in [5.41, 5.74) is 6.23. The molecule has 3 heterocycles. The Balaban J connectivity index is 1.12. The molecule has 3 aliphatic heterocycles. The van der Waals surface area contributed by atoms with E-state index in [2.05, 4.69) is 0 Å². The third-order valence-electron chi connectivity index (χ3n) is 12.1. The first-order chi connectivity index (χ1) is 29.2. The lowest BCUT2D eigenvalue weighted by molar-refractivity contribution is 0.0855. The number of urea groups is 2. The molecule has 0 N–H and O–H groups in total. The van der Waals surface area contributed by atoms with Gasteiger partial charge in [0.05, 0.1) is 69.0 Å². The second-order valence-electron chi connectivity index (χ2n) is 15.1. The summed E-state index contributed by atoms with van der Waals surface area (Å²) in [6.07, 6.45) is 2.41. The SMILES string of the molecule is COc1ccc(CC2c3cc(OC)c(OC)cc3CCN2C(=O)N2CCN(C(=O)N3CCc4cc(OC)c(OC)cc4C3Cc3ccc(OC)c(OC)c3)CC2)cc1OC. The number of carbonyl (C=O) groups excluding carboxylic acids is 2. The lowest BCUT2D eigenvalue weighted by Gasteiger charge is -2.45. The van der Waals surface area contributed by atoms with Crippen LogP contribution in [0, 0.1) is 0 Å². The van der Waals surface area contributed by atoms with Gasteiger partial charge in [0.15, 0.2) is 46.0 Å². The second kappa shape index (κ2) is 18.4. The lowest BCUT2D eigenvalue weighted by Crippen LogP contribution is -2.58. The van der Waals surface area contributed by atoms with Crippen LogP contribution in [0.3, 0.4) is 0 Å². The van der Waals surface area contributed by atoms with Crippen molar-refractivity contribution in [2.45, 2.75) is 37.8 Å². The molecule has 60 heavy (non-hydrogen) atoms. The van der Waals surface area contributed by atoms with Crippen LogP contribution in [-0.4, -0.2) is 128 Å². The third-order valence-corrected chi connectivity index (χ3v) is 12.1. The number of methoxy groups -OCH3 is 8. The van der Waals surface area contributed by atoms with Crippen LogP contribution in [0.2, 0.25) is 0 Å². The Kier molecular flexibility index (Phi) is 12.9. The molecule has 2 atom stereocenters. The first kappa shape index (κ1) is 42.0. The van der Waals surface area contributed by atoms with E-state index in [4.69, 9.17) is 37.9 Å². The number of hydrogen-bond acceptors (Lipinski definition) is 10. The minimum Gasteiger partial charge on any atom is -0.493 e. The summed E-state index contributed by atoms with van der Waals surface area (Å²) in [5, 5.41) is 0. The molecule has 0 bridgehead atoms. The summed E-state index contributed by atoms with van der Waals surface area (Å²) in [5.74, 6) is 5.05. The van der Waals surface area contributed by atoms with Crippen LogP contribution in [0.15, 0.2) is 60.7 Å². The van der Waals surface area contributed by atoms with Crippen molar-refractivity contribution in [3.05, 3.63) is 94.0 Å². The van der Waals surface area contributed by atoms with Crippen molar-refractivity contribution in [2.75, 3.05) is 96.1 Å². The number of rotatable bonds is 12. The van der Waals surface area contributed by atoms with Crippen LogP contribution in [0.5, 0.6) is 46.0 Å². The van der Waals surface area contributed by atoms with Gasteiger partial charge in [-0.2, -0.15) is 0 Å². The second-order valence-corrected chi connectivity index (χ2v) is 15.1. The zero-order chi connectivity index (χ0) is 42.5. The molecule has 7 rings (SSSR count). The number of nitrogens with zero attached hydrogens (tertiary/aromatic N) is 4. The van der Waals surface area contributed by atoms with E-state index < -0.39 is 0 Å². The number of benzene rings is 4. The summed E-state index contributed by atoms with van der Waals surface area (Å²) >= 11 is 0. The average Bonchev–Trinajstić information content (AvgIpc) is 3.30. The van der Waals surface area contributed by atoms with E-state index >= 15 is 0 Å². The van der Waals surface area contributed by atoms with Crippen molar-refractivity contribution in [2.24, 2.45) is 0 Å². The van der Waals surface area contributed by atoms with Crippen LogP contribution in [0.25, 0.3) is 0 Å². The highest BCUT2D eigenvalue weighted by molar-refractivity contribution is 5.78. The van der Waals surface area contributed by atoms with E-state index in [1.54, 1.807) is 56.9 Å². The Labute approximate surface area is 352 Å². The Hall–Kier alpha value is -6.18. The van der Waals surface area contributed by atoms with Crippen molar-refractivity contribution in [3.63, 3.8) is 0 Å². The molecule has 4 aromatic rings. The van der Waals surface area contributed by atoms with Gasteiger partial charge in [-0.3, -0.25) is 0 Å². The molecular formula is C46H56N4O10. The number of fused-ring (bicyclic) bond motifs is 2. The predicted octanol–water partition coefficient (Wildman–Crippen LogP) is 6.60. The van der Waals surface area contributed by atoms with Gasteiger partial charge >= 0.3 is 12.1 Å². The number of carbonyl (C=O) groups is 2. The number of piperazine rings is 1. The molecule has 2 unspecified atom stereocenters. The predicted molar refractivity (Wildman–Crippen MR) is 226 cm³/mol. The molecular weight excluding hydrogens is 769 g/mol. The van der Waals surface area contributed by atoms with Crippen LogP contribution in [0.4, 0.5) is 9.59 Å².